The zero-order valence-corrected chi connectivity index (χ0v) is 13.4. The second-order valence-electron chi connectivity index (χ2n) is 5.35. The van der Waals surface area contributed by atoms with Crippen molar-refractivity contribution in [3.8, 4) is 0 Å². The van der Waals surface area contributed by atoms with E-state index < -0.39 is 0 Å². The van der Waals surface area contributed by atoms with E-state index in [1.165, 1.54) is 0 Å². The van der Waals surface area contributed by atoms with Crippen LogP contribution in [0.1, 0.15) is 13.3 Å². The van der Waals surface area contributed by atoms with E-state index in [9.17, 15) is 9.59 Å². The van der Waals surface area contributed by atoms with Crippen molar-refractivity contribution in [2.24, 2.45) is 0 Å². The van der Waals surface area contributed by atoms with Gasteiger partial charge in [0.15, 0.2) is 0 Å². The summed E-state index contributed by atoms with van der Waals surface area (Å²) in [6.45, 7) is 3.44. The highest BCUT2D eigenvalue weighted by Gasteiger charge is 2.14. The predicted octanol–water partition coefficient (Wildman–Crippen LogP) is 1.45. The summed E-state index contributed by atoms with van der Waals surface area (Å²) < 4.78 is 0. The summed E-state index contributed by atoms with van der Waals surface area (Å²) in [4.78, 5) is 29.1. The Morgan fingerprint density at radius 1 is 0.952 bits per heavy atom. The summed E-state index contributed by atoms with van der Waals surface area (Å²) in [5.74, 6) is 0.0179. The monoisotopic (exact) mass is 291 g/mol. The van der Waals surface area contributed by atoms with Crippen molar-refractivity contribution < 1.29 is 9.59 Å². The molecule has 2 amide bonds. The number of carbonyl (C=O) groups is 2. The van der Waals surface area contributed by atoms with Crippen LogP contribution in [0.5, 0.6) is 0 Å². The molecule has 0 saturated carbocycles. The topological polar surface area (TPSA) is 43.9 Å². The van der Waals surface area contributed by atoms with Gasteiger partial charge in [-0.1, -0.05) is 18.2 Å². The number of hydrogen-bond donors (Lipinski definition) is 0. The van der Waals surface area contributed by atoms with Gasteiger partial charge in [-0.2, -0.15) is 0 Å². The third-order valence-electron chi connectivity index (χ3n) is 3.38. The average molecular weight is 291 g/mol. The van der Waals surface area contributed by atoms with E-state index in [0.717, 1.165) is 12.2 Å². The van der Waals surface area contributed by atoms with Crippen LogP contribution in [0.3, 0.4) is 0 Å². The molecule has 0 spiro atoms. The zero-order chi connectivity index (χ0) is 15.8. The van der Waals surface area contributed by atoms with Crippen molar-refractivity contribution in [1.29, 1.82) is 0 Å². The lowest BCUT2D eigenvalue weighted by Gasteiger charge is -2.24. The molecule has 1 rings (SSSR count). The molecule has 1 aromatic carbocycles. The molecule has 0 N–H and O–H groups in total. The summed E-state index contributed by atoms with van der Waals surface area (Å²) in [6, 6.07) is 9.51. The molecule has 0 radical (unpaired) electrons. The maximum absolute atomic E-state index is 12.2. The van der Waals surface area contributed by atoms with Gasteiger partial charge in [0.1, 0.15) is 0 Å². The van der Waals surface area contributed by atoms with Crippen molar-refractivity contribution >= 4 is 17.5 Å². The van der Waals surface area contributed by atoms with Crippen molar-refractivity contribution in [3.05, 3.63) is 30.3 Å². The molecule has 0 heterocycles. The minimum Gasteiger partial charge on any atom is -0.341 e. The molecule has 0 saturated heterocycles. The minimum atomic E-state index is 0.00649. The standard InChI is InChI=1S/C16H25N3O2/c1-14(20)19(13-12-17(2)3)11-10-16(21)18(4)15-8-6-5-7-9-15/h5-9H,10-13H2,1-4H3. The van der Waals surface area contributed by atoms with Crippen LogP contribution in [0.25, 0.3) is 0 Å². The number of nitrogens with zero attached hydrogens (tertiary/aromatic N) is 3. The van der Waals surface area contributed by atoms with Gasteiger partial charge in [0, 0.05) is 45.7 Å². The largest absolute Gasteiger partial charge is 0.341 e. The fraction of sp³-hybridized carbons (Fsp3) is 0.500. The molecule has 21 heavy (non-hydrogen) atoms. The highest BCUT2D eigenvalue weighted by atomic mass is 16.2. The number of anilines is 1. The Morgan fingerprint density at radius 3 is 2.10 bits per heavy atom. The molecule has 1 aromatic rings. The number of hydrogen-bond acceptors (Lipinski definition) is 3. The van der Waals surface area contributed by atoms with Crippen molar-refractivity contribution in [3.63, 3.8) is 0 Å². The molecule has 0 aliphatic carbocycles. The smallest absolute Gasteiger partial charge is 0.228 e. The zero-order valence-electron chi connectivity index (χ0n) is 13.4. The SMILES string of the molecule is CC(=O)N(CCC(=O)N(C)c1ccccc1)CCN(C)C. The van der Waals surface area contributed by atoms with Gasteiger partial charge in [0.2, 0.25) is 11.8 Å². The van der Waals surface area contributed by atoms with Crippen LogP contribution in [-0.4, -0.2) is 62.4 Å². The van der Waals surface area contributed by atoms with E-state index in [0.29, 0.717) is 19.5 Å². The van der Waals surface area contributed by atoms with Gasteiger partial charge >= 0.3 is 0 Å². The normalized spacial score (nSPS) is 10.5. The summed E-state index contributed by atoms with van der Waals surface area (Å²) in [6.07, 6.45) is 0.332. The first-order valence-corrected chi connectivity index (χ1v) is 7.13. The first-order valence-electron chi connectivity index (χ1n) is 7.13. The van der Waals surface area contributed by atoms with Crippen LogP contribution >= 0.6 is 0 Å². The van der Waals surface area contributed by atoms with E-state index in [4.69, 9.17) is 0 Å². The average Bonchev–Trinajstić information content (AvgIpc) is 2.46. The minimum absolute atomic E-state index is 0.00649. The number of carbonyl (C=O) groups excluding carboxylic acids is 2. The fourth-order valence-corrected chi connectivity index (χ4v) is 1.94. The van der Waals surface area contributed by atoms with Crippen molar-refractivity contribution in [2.75, 3.05) is 45.7 Å². The number of amides is 2. The maximum atomic E-state index is 12.2. The summed E-state index contributed by atoms with van der Waals surface area (Å²) in [7, 11) is 5.69. The molecule has 5 heteroatoms. The quantitative estimate of drug-likeness (QED) is 0.764. The van der Waals surface area contributed by atoms with Crippen LogP contribution < -0.4 is 4.90 Å². The first-order chi connectivity index (χ1) is 9.91. The lowest BCUT2D eigenvalue weighted by atomic mass is 10.2. The van der Waals surface area contributed by atoms with Gasteiger partial charge in [-0.15, -0.1) is 0 Å². The lowest BCUT2D eigenvalue weighted by Crippen LogP contribution is -2.38. The van der Waals surface area contributed by atoms with Crippen LogP contribution in [0.2, 0.25) is 0 Å². The molecular formula is C16H25N3O2. The fourth-order valence-electron chi connectivity index (χ4n) is 1.94. The molecule has 0 aromatic heterocycles. The molecule has 0 unspecified atom stereocenters. The Labute approximate surface area is 127 Å². The van der Waals surface area contributed by atoms with Gasteiger partial charge < -0.3 is 14.7 Å². The van der Waals surface area contributed by atoms with Crippen LogP contribution in [0.4, 0.5) is 5.69 Å². The highest BCUT2D eigenvalue weighted by Crippen LogP contribution is 2.12. The van der Waals surface area contributed by atoms with E-state index >= 15 is 0 Å². The van der Waals surface area contributed by atoms with Crippen molar-refractivity contribution in [2.45, 2.75) is 13.3 Å². The molecule has 0 aliphatic rings. The number of benzene rings is 1. The van der Waals surface area contributed by atoms with Gasteiger partial charge in [0.05, 0.1) is 0 Å². The predicted molar refractivity (Wildman–Crippen MR) is 85.3 cm³/mol. The maximum Gasteiger partial charge on any atom is 0.228 e. The third-order valence-corrected chi connectivity index (χ3v) is 3.38. The molecule has 0 atom stereocenters. The Bertz CT molecular complexity index is 460. The van der Waals surface area contributed by atoms with E-state index in [-0.39, 0.29) is 11.8 Å². The van der Waals surface area contributed by atoms with Gasteiger partial charge in [-0.25, -0.2) is 0 Å². The summed E-state index contributed by atoms with van der Waals surface area (Å²) in [5.41, 5.74) is 0.866. The lowest BCUT2D eigenvalue weighted by molar-refractivity contribution is -0.129. The highest BCUT2D eigenvalue weighted by molar-refractivity contribution is 5.93. The number of para-hydroxylation sites is 1. The second-order valence-corrected chi connectivity index (χ2v) is 5.35. The van der Waals surface area contributed by atoms with Gasteiger partial charge in [-0.05, 0) is 26.2 Å². The summed E-state index contributed by atoms with van der Waals surface area (Å²) >= 11 is 0. The van der Waals surface area contributed by atoms with Crippen LogP contribution in [0.15, 0.2) is 30.3 Å². The Kier molecular flexibility index (Phi) is 6.88. The summed E-state index contributed by atoms with van der Waals surface area (Å²) in [5, 5.41) is 0. The molecule has 0 fully saturated rings. The van der Waals surface area contributed by atoms with E-state index in [2.05, 4.69) is 0 Å². The molecule has 0 aliphatic heterocycles. The number of rotatable bonds is 7. The molecule has 116 valence electrons. The Hall–Kier alpha value is -1.88. The van der Waals surface area contributed by atoms with Crippen LogP contribution in [0, 0.1) is 0 Å². The van der Waals surface area contributed by atoms with Gasteiger partial charge in [0.25, 0.3) is 0 Å². The number of likely N-dealkylation sites (N-methyl/N-ethyl adjacent to an activating group) is 1. The molecule has 5 nitrogen and oxygen atoms in total. The van der Waals surface area contributed by atoms with E-state index in [1.54, 1.807) is 23.8 Å². The van der Waals surface area contributed by atoms with Crippen molar-refractivity contribution in [1.82, 2.24) is 9.80 Å². The Morgan fingerprint density at radius 2 is 1.57 bits per heavy atom. The van der Waals surface area contributed by atoms with Crippen LogP contribution in [-0.2, 0) is 9.59 Å². The third kappa shape index (κ3) is 5.95. The molecular weight excluding hydrogens is 266 g/mol. The first kappa shape index (κ1) is 17.2. The van der Waals surface area contributed by atoms with Gasteiger partial charge in [-0.3, -0.25) is 9.59 Å². The second kappa shape index (κ2) is 8.42. The molecule has 0 bridgehead atoms. The van der Waals surface area contributed by atoms with E-state index in [1.807, 2.05) is 49.3 Å². The Balaban J connectivity index is 2.51.